The van der Waals surface area contributed by atoms with Gasteiger partial charge >= 0.3 is 32.4 Å². The maximum atomic E-state index is 11.1. The van der Waals surface area contributed by atoms with Gasteiger partial charge in [-0.25, -0.2) is 4.79 Å². The molecule has 0 bridgehead atoms. The van der Waals surface area contributed by atoms with Gasteiger partial charge in [-0.1, -0.05) is 43.5 Å². The number of rotatable bonds is 27. The van der Waals surface area contributed by atoms with Crippen LogP contribution < -0.4 is 5.32 Å². The van der Waals surface area contributed by atoms with Gasteiger partial charge < -0.3 is 54.8 Å². The molecule has 1 aromatic rings. The molecule has 0 aliphatic rings. The van der Waals surface area contributed by atoms with Gasteiger partial charge in [0.1, 0.15) is 0 Å². The first kappa shape index (κ1) is 54.2. The predicted octanol–water partition coefficient (Wildman–Crippen LogP) is 5.47. The Balaban J connectivity index is -0.000000720. The van der Waals surface area contributed by atoms with E-state index in [4.69, 9.17) is 44.6 Å². The lowest BCUT2D eigenvalue weighted by Gasteiger charge is -2.24. The maximum absolute atomic E-state index is 11.1. The van der Waals surface area contributed by atoms with Crippen LogP contribution >= 0.6 is 25.0 Å². The van der Waals surface area contributed by atoms with Gasteiger partial charge in [-0.15, -0.1) is 12.4 Å². The Hall–Kier alpha value is -1.14. The number of esters is 1. The number of halogens is 1. The van der Waals surface area contributed by atoms with Crippen molar-refractivity contribution in [3.05, 3.63) is 60.8 Å². The molecule has 0 aliphatic heterocycles. The van der Waals surface area contributed by atoms with E-state index in [0.29, 0.717) is 24.6 Å². The van der Waals surface area contributed by atoms with Crippen LogP contribution in [0, 0.1) is 0 Å². The second-order valence-electron chi connectivity index (χ2n) is 10.7. The fourth-order valence-electron chi connectivity index (χ4n) is 4.37. The summed E-state index contributed by atoms with van der Waals surface area (Å²) in [6.07, 6.45) is 4.47. The summed E-state index contributed by atoms with van der Waals surface area (Å²) in [5.41, 5.74) is 1.69. The molecule has 1 rings (SSSR count). The summed E-state index contributed by atoms with van der Waals surface area (Å²) in [4.78, 5) is 13.3. The lowest BCUT2D eigenvalue weighted by atomic mass is 10.2. The van der Waals surface area contributed by atoms with E-state index < -0.39 is 26.4 Å². The van der Waals surface area contributed by atoms with Crippen molar-refractivity contribution in [3.63, 3.8) is 0 Å². The number of thiol groups is 1. The molecular formula is C33H67ClN2O11SSi3. The molecule has 0 aromatic heterocycles. The number of carbonyl (C=O) groups is 1. The van der Waals surface area contributed by atoms with Gasteiger partial charge in [0.05, 0.1) is 6.61 Å². The number of carbonyl (C=O) groups excluding carboxylic acids is 1. The SMILES string of the molecule is C=C(C)C(=O)OCCC[Si](OC)(OC)OC.C=CN(CCNCCC[Si](OC)(OC)OC)Cc1ccccc1.CO[Si](CCCS)(OC)OC.Cl. The minimum Gasteiger partial charge on any atom is -0.462 e. The normalized spacial score (nSPS) is 11.3. The Morgan fingerprint density at radius 3 is 1.57 bits per heavy atom. The van der Waals surface area contributed by atoms with Crippen molar-refractivity contribution in [1.29, 1.82) is 0 Å². The second kappa shape index (κ2) is 33.4. The van der Waals surface area contributed by atoms with Crippen LogP contribution in [0.3, 0.4) is 0 Å². The summed E-state index contributed by atoms with van der Waals surface area (Å²) < 4.78 is 52.5. The van der Waals surface area contributed by atoms with Crippen molar-refractivity contribution in [2.75, 3.05) is 96.0 Å². The van der Waals surface area contributed by atoms with Gasteiger partial charge in [0.15, 0.2) is 0 Å². The highest BCUT2D eigenvalue weighted by Crippen LogP contribution is 2.16. The van der Waals surface area contributed by atoms with Crippen molar-refractivity contribution >= 4 is 57.4 Å². The first-order valence-electron chi connectivity index (χ1n) is 16.5. The zero-order chi connectivity index (χ0) is 38.3. The Morgan fingerprint density at radius 1 is 0.745 bits per heavy atom. The number of nitrogens with one attached hydrogen (secondary N) is 1. The monoisotopic (exact) mass is 818 g/mol. The first-order valence-corrected chi connectivity index (χ1v) is 22.9. The lowest BCUT2D eigenvalue weighted by molar-refractivity contribution is -0.139. The van der Waals surface area contributed by atoms with Gasteiger partial charge in [-0.2, -0.15) is 12.6 Å². The van der Waals surface area contributed by atoms with E-state index in [-0.39, 0.29) is 18.4 Å². The van der Waals surface area contributed by atoms with Gasteiger partial charge in [-0.05, 0) is 50.2 Å². The summed E-state index contributed by atoms with van der Waals surface area (Å²) in [5, 5.41) is 3.45. The van der Waals surface area contributed by atoms with Gasteiger partial charge in [-0.3, -0.25) is 0 Å². The van der Waals surface area contributed by atoms with Crippen LogP contribution in [0.1, 0.15) is 31.7 Å². The molecule has 51 heavy (non-hydrogen) atoms. The van der Waals surface area contributed by atoms with Gasteiger partial charge in [0, 0.05) is 107 Å². The second-order valence-corrected chi connectivity index (χ2v) is 20.4. The number of nitrogens with zero attached hydrogens (tertiary/aromatic N) is 1. The van der Waals surface area contributed by atoms with Gasteiger partial charge in [0.25, 0.3) is 0 Å². The van der Waals surface area contributed by atoms with Crippen LogP contribution in [-0.4, -0.2) is 133 Å². The van der Waals surface area contributed by atoms with Crippen LogP contribution in [0.5, 0.6) is 0 Å². The Morgan fingerprint density at radius 2 is 1.18 bits per heavy atom. The van der Waals surface area contributed by atoms with E-state index in [1.807, 2.05) is 12.3 Å². The van der Waals surface area contributed by atoms with Crippen molar-refractivity contribution in [2.24, 2.45) is 0 Å². The van der Waals surface area contributed by atoms with Crippen molar-refractivity contribution < 1.29 is 49.4 Å². The third kappa shape index (κ3) is 24.0. The van der Waals surface area contributed by atoms with E-state index in [0.717, 1.165) is 56.9 Å². The highest BCUT2D eigenvalue weighted by molar-refractivity contribution is 7.80. The van der Waals surface area contributed by atoms with Crippen LogP contribution in [0.4, 0.5) is 0 Å². The zero-order valence-electron chi connectivity index (χ0n) is 32.7. The van der Waals surface area contributed by atoms with Crippen LogP contribution in [0.2, 0.25) is 18.1 Å². The summed E-state index contributed by atoms with van der Waals surface area (Å²) in [5.74, 6) is 0.463. The number of hydrogen-bond donors (Lipinski definition) is 2. The molecule has 1 N–H and O–H groups in total. The average Bonchev–Trinajstić information content (AvgIpc) is 3.16. The number of ether oxygens (including phenoxy) is 1. The molecule has 1 aromatic carbocycles. The van der Waals surface area contributed by atoms with Crippen molar-refractivity contribution in [1.82, 2.24) is 10.2 Å². The van der Waals surface area contributed by atoms with E-state index in [1.165, 1.54) is 5.56 Å². The third-order valence-corrected chi connectivity index (χ3v) is 16.4. The van der Waals surface area contributed by atoms with Gasteiger partial charge in [0.2, 0.25) is 0 Å². The fourth-order valence-corrected chi connectivity index (χ4v) is 9.96. The minimum atomic E-state index is -2.53. The van der Waals surface area contributed by atoms with Crippen LogP contribution in [0.25, 0.3) is 0 Å². The quantitative estimate of drug-likeness (QED) is 0.0384. The number of benzene rings is 1. The topological polar surface area (TPSA) is 125 Å². The molecule has 0 amide bonds. The van der Waals surface area contributed by atoms with Crippen LogP contribution in [0.15, 0.2) is 55.3 Å². The Kier molecular flexibility index (Phi) is 35.5. The van der Waals surface area contributed by atoms with Crippen molar-refractivity contribution in [2.45, 2.75) is 50.9 Å². The van der Waals surface area contributed by atoms with E-state index >= 15 is 0 Å². The van der Waals surface area contributed by atoms with E-state index in [2.05, 4.69) is 60.3 Å². The smallest absolute Gasteiger partial charge is 0.462 e. The molecule has 0 spiro atoms. The third-order valence-electron chi connectivity index (χ3n) is 7.55. The minimum absolute atomic E-state index is 0. The average molecular weight is 820 g/mol. The molecule has 0 heterocycles. The zero-order valence-corrected chi connectivity index (χ0v) is 37.4. The van der Waals surface area contributed by atoms with Crippen molar-refractivity contribution in [3.8, 4) is 0 Å². The van der Waals surface area contributed by atoms with E-state index in [1.54, 1.807) is 70.9 Å². The predicted molar refractivity (Wildman–Crippen MR) is 215 cm³/mol. The molecule has 0 unspecified atom stereocenters. The standard InChI is InChI=1S/C17H30N2O3Si.C10H20O5Si.C6H16O3SSi.ClH/c1-5-19(16-17-10-7-6-8-11-17)14-13-18-12-9-15-23(20-2,21-3)22-4;1-9(2)10(11)15-7-6-8-16(12-3,13-4)14-5;1-7-11(8-2,9-3)6-4-5-10;/h5-8,10-11,18H,1,9,12-16H2,2-4H3;1,6-8H2,2-5H3;10H,4-6H2,1-3H3;1H. The maximum Gasteiger partial charge on any atom is 0.500 e. The summed E-state index contributed by atoms with van der Waals surface area (Å²) in [6.45, 7) is 13.0. The highest BCUT2D eigenvalue weighted by atomic mass is 35.5. The Labute approximate surface area is 323 Å². The largest absolute Gasteiger partial charge is 0.500 e. The molecule has 0 radical (unpaired) electrons. The number of hydrogen-bond acceptors (Lipinski definition) is 14. The first-order chi connectivity index (χ1) is 23.9. The fraction of sp³-hybridized carbons (Fsp3) is 0.667. The Bertz CT molecular complexity index is 973. The highest BCUT2D eigenvalue weighted by Gasteiger charge is 2.38. The summed E-state index contributed by atoms with van der Waals surface area (Å²) >= 11 is 4.10. The molecule has 13 nitrogen and oxygen atoms in total. The lowest BCUT2D eigenvalue weighted by Crippen LogP contribution is -2.43. The molecule has 0 saturated heterocycles. The molecule has 300 valence electrons. The summed E-state index contributed by atoms with van der Waals surface area (Å²) in [6, 6.07) is 12.7. The molecule has 0 aliphatic carbocycles. The van der Waals surface area contributed by atoms with E-state index in [9.17, 15) is 4.79 Å². The molecule has 0 saturated carbocycles. The van der Waals surface area contributed by atoms with Crippen LogP contribution in [-0.2, 0) is 55.9 Å². The molecule has 0 fully saturated rings. The molecular weight excluding hydrogens is 752 g/mol. The molecule has 0 atom stereocenters. The summed E-state index contributed by atoms with van der Waals surface area (Å²) in [7, 11) is 7.24. The molecule has 18 heteroatoms.